The maximum Gasteiger partial charge on any atom is 0.305 e. The van der Waals surface area contributed by atoms with Crippen molar-refractivity contribution in [1.29, 1.82) is 0 Å². The number of carboxylic acids is 1. The lowest BCUT2D eigenvalue weighted by Crippen LogP contribution is -2.16. The number of nitrogens with zero attached hydrogens (tertiary/aromatic N) is 1. The predicted octanol–water partition coefficient (Wildman–Crippen LogP) is 3.24. The molecule has 4 N–H and O–H groups in total. The van der Waals surface area contributed by atoms with Gasteiger partial charge in [0.15, 0.2) is 11.6 Å². The van der Waals surface area contributed by atoms with Crippen molar-refractivity contribution in [3.63, 3.8) is 0 Å². The second kappa shape index (κ2) is 6.76. The summed E-state index contributed by atoms with van der Waals surface area (Å²) in [5.74, 6) is -3.00. The molecule has 2 aromatic carbocycles. The van der Waals surface area contributed by atoms with Crippen LogP contribution in [0, 0.1) is 11.6 Å². The highest BCUT2D eigenvalue weighted by molar-refractivity contribution is 5.99. The number of H-pyrrole nitrogens is 2. The summed E-state index contributed by atoms with van der Waals surface area (Å²) in [5.41, 5.74) is 1.09. The van der Waals surface area contributed by atoms with E-state index >= 15 is 0 Å². The third-order valence-corrected chi connectivity index (χ3v) is 4.32. The average Bonchev–Trinajstić information content (AvgIpc) is 3.06. The number of nitrogens with one attached hydrogen (secondary N) is 3. The molecule has 28 heavy (non-hydrogen) atoms. The Morgan fingerprint density at radius 3 is 2.61 bits per heavy atom. The summed E-state index contributed by atoms with van der Waals surface area (Å²) in [6.07, 6.45) is -0.225. The second-order valence-electron chi connectivity index (χ2n) is 6.19. The molecule has 4 aromatic rings. The fourth-order valence-electron chi connectivity index (χ4n) is 3.07. The second-order valence-corrected chi connectivity index (χ2v) is 6.19. The van der Waals surface area contributed by atoms with Crippen molar-refractivity contribution in [2.24, 2.45) is 0 Å². The Bertz CT molecular complexity index is 1250. The van der Waals surface area contributed by atoms with Crippen LogP contribution in [0.4, 0.5) is 14.5 Å². The van der Waals surface area contributed by atoms with Gasteiger partial charge in [-0.1, -0.05) is 12.1 Å². The minimum atomic E-state index is -1.10. The summed E-state index contributed by atoms with van der Waals surface area (Å²) in [7, 11) is 0. The van der Waals surface area contributed by atoms with Gasteiger partial charge in [-0.05, 0) is 18.2 Å². The molecule has 0 radical (unpaired) electrons. The Hall–Kier alpha value is -3.75. The Morgan fingerprint density at radius 2 is 1.86 bits per heavy atom. The molecule has 9 heteroatoms. The minimum Gasteiger partial charge on any atom is -0.481 e. The van der Waals surface area contributed by atoms with Gasteiger partial charge in [0.25, 0.3) is 5.56 Å². The molecule has 0 aliphatic heterocycles. The molecule has 0 saturated carbocycles. The smallest absolute Gasteiger partial charge is 0.305 e. The first kappa shape index (κ1) is 17.7. The molecule has 7 nitrogen and oxygen atoms in total. The number of pyridine rings is 1. The third kappa shape index (κ3) is 3.07. The normalized spacial score (nSPS) is 11.2. The first-order chi connectivity index (χ1) is 13.4. The Balaban J connectivity index is 1.97. The zero-order chi connectivity index (χ0) is 19.8. The number of carboxylic acid groups (broad SMARTS) is 1. The van der Waals surface area contributed by atoms with E-state index in [9.17, 15) is 18.4 Å². The number of aliphatic carboxylic acids is 1. The van der Waals surface area contributed by atoms with Gasteiger partial charge in [-0.2, -0.15) is 0 Å². The van der Waals surface area contributed by atoms with E-state index in [0.717, 1.165) is 12.1 Å². The van der Waals surface area contributed by atoms with Gasteiger partial charge in [0.05, 0.1) is 28.7 Å². The molecule has 0 bridgehead atoms. The fraction of sp³-hybridized carbons (Fsp3) is 0.105. The van der Waals surface area contributed by atoms with Gasteiger partial charge in [-0.25, -0.2) is 13.8 Å². The standard InChI is InChI=1S/C19H14F2N4O3/c20-10-7-9-14(8-11(10)21)25-19(28)16(17(9)22-6-5-15(26)27)18-23-12-3-1-2-4-13(12)24-18/h1-4,7-8H,5-6H2,(H,23,24)(H,26,27)(H2,22,25,28). The van der Waals surface area contributed by atoms with E-state index in [1.807, 2.05) is 0 Å². The monoisotopic (exact) mass is 384 g/mol. The fourth-order valence-corrected chi connectivity index (χ4v) is 3.07. The molecule has 0 aliphatic carbocycles. The lowest BCUT2D eigenvalue weighted by Gasteiger charge is -2.13. The number of para-hydroxylation sites is 2. The molecule has 2 aromatic heterocycles. The van der Waals surface area contributed by atoms with Crippen LogP contribution in [0.5, 0.6) is 0 Å². The van der Waals surface area contributed by atoms with Crippen LogP contribution in [0.2, 0.25) is 0 Å². The highest BCUT2D eigenvalue weighted by atomic mass is 19.2. The molecule has 0 spiro atoms. The molecule has 0 saturated heterocycles. The number of anilines is 1. The molecule has 4 rings (SSSR count). The van der Waals surface area contributed by atoms with Crippen molar-refractivity contribution >= 4 is 33.6 Å². The van der Waals surface area contributed by atoms with Crippen molar-refractivity contribution in [1.82, 2.24) is 15.0 Å². The maximum atomic E-state index is 13.9. The number of aromatic amines is 2. The van der Waals surface area contributed by atoms with Crippen molar-refractivity contribution in [3.05, 3.63) is 58.4 Å². The van der Waals surface area contributed by atoms with Gasteiger partial charge in [-0.15, -0.1) is 0 Å². The molecular formula is C19H14F2N4O3. The van der Waals surface area contributed by atoms with Crippen molar-refractivity contribution in [2.45, 2.75) is 6.42 Å². The number of hydrogen-bond acceptors (Lipinski definition) is 4. The van der Waals surface area contributed by atoms with Crippen molar-refractivity contribution < 1.29 is 18.7 Å². The van der Waals surface area contributed by atoms with Gasteiger partial charge < -0.3 is 20.4 Å². The summed E-state index contributed by atoms with van der Waals surface area (Å²) >= 11 is 0. The predicted molar refractivity (Wildman–Crippen MR) is 100 cm³/mol. The van der Waals surface area contributed by atoms with Crippen molar-refractivity contribution in [2.75, 3.05) is 11.9 Å². The summed E-state index contributed by atoms with van der Waals surface area (Å²) in [6.45, 7) is -0.0138. The minimum absolute atomic E-state index is 0.0138. The molecular weight excluding hydrogens is 370 g/mol. The zero-order valence-electron chi connectivity index (χ0n) is 14.3. The summed E-state index contributed by atoms with van der Waals surface area (Å²) in [5, 5.41) is 12.0. The molecule has 0 aliphatic rings. The highest BCUT2D eigenvalue weighted by Gasteiger charge is 2.19. The Labute approximate surface area is 156 Å². The number of carbonyl (C=O) groups is 1. The van der Waals surface area contributed by atoms with Gasteiger partial charge in [0, 0.05) is 18.0 Å². The number of halogens is 2. The van der Waals surface area contributed by atoms with Crippen LogP contribution in [-0.4, -0.2) is 32.6 Å². The van der Waals surface area contributed by atoms with Crippen LogP contribution >= 0.6 is 0 Å². The van der Waals surface area contributed by atoms with Crippen LogP contribution < -0.4 is 10.9 Å². The van der Waals surface area contributed by atoms with Crippen LogP contribution in [-0.2, 0) is 4.79 Å². The first-order valence-electron chi connectivity index (χ1n) is 8.40. The summed E-state index contributed by atoms with van der Waals surface area (Å²) in [6, 6.07) is 8.98. The number of imidazole rings is 1. The summed E-state index contributed by atoms with van der Waals surface area (Å²) in [4.78, 5) is 33.5. The van der Waals surface area contributed by atoms with Gasteiger partial charge in [0.1, 0.15) is 11.4 Å². The topological polar surface area (TPSA) is 111 Å². The molecule has 0 atom stereocenters. The van der Waals surface area contributed by atoms with E-state index in [-0.39, 0.29) is 40.9 Å². The van der Waals surface area contributed by atoms with E-state index in [0.29, 0.717) is 11.0 Å². The van der Waals surface area contributed by atoms with E-state index in [4.69, 9.17) is 5.11 Å². The largest absolute Gasteiger partial charge is 0.481 e. The number of benzene rings is 2. The van der Waals surface area contributed by atoms with E-state index < -0.39 is 23.2 Å². The van der Waals surface area contributed by atoms with E-state index in [2.05, 4.69) is 20.3 Å². The third-order valence-electron chi connectivity index (χ3n) is 4.32. The molecule has 142 valence electrons. The number of hydrogen-bond donors (Lipinski definition) is 4. The van der Waals surface area contributed by atoms with Gasteiger partial charge >= 0.3 is 5.97 Å². The lowest BCUT2D eigenvalue weighted by molar-refractivity contribution is -0.136. The lowest BCUT2D eigenvalue weighted by atomic mass is 10.1. The number of rotatable bonds is 5. The number of aromatic nitrogens is 3. The van der Waals surface area contributed by atoms with Crippen LogP contribution in [0.25, 0.3) is 33.3 Å². The van der Waals surface area contributed by atoms with E-state index in [1.165, 1.54) is 0 Å². The SMILES string of the molecule is O=C(O)CCNc1c(-c2nc3ccccc3[nH]2)c(=O)[nH]c2cc(F)c(F)cc12. The maximum absolute atomic E-state index is 13.9. The quantitative estimate of drug-likeness (QED) is 0.422. The first-order valence-corrected chi connectivity index (χ1v) is 8.40. The van der Waals surface area contributed by atoms with E-state index in [1.54, 1.807) is 24.3 Å². The average molecular weight is 384 g/mol. The molecule has 2 heterocycles. The van der Waals surface area contributed by atoms with Gasteiger partial charge in [0.2, 0.25) is 0 Å². The highest BCUT2D eigenvalue weighted by Crippen LogP contribution is 2.31. The molecule has 0 fully saturated rings. The van der Waals surface area contributed by atoms with Gasteiger partial charge in [-0.3, -0.25) is 9.59 Å². The summed E-state index contributed by atoms with van der Waals surface area (Å²) < 4.78 is 27.5. The van der Waals surface area contributed by atoms with Crippen LogP contribution in [0.3, 0.4) is 0 Å². The Kier molecular flexibility index (Phi) is 4.26. The zero-order valence-corrected chi connectivity index (χ0v) is 14.3. The molecule has 0 amide bonds. The van der Waals surface area contributed by atoms with Crippen LogP contribution in [0.1, 0.15) is 6.42 Å². The van der Waals surface area contributed by atoms with Crippen LogP contribution in [0.15, 0.2) is 41.2 Å². The molecule has 0 unspecified atom stereocenters. The number of fused-ring (bicyclic) bond motifs is 2. The Morgan fingerprint density at radius 1 is 1.11 bits per heavy atom. The van der Waals surface area contributed by atoms with Crippen molar-refractivity contribution in [3.8, 4) is 11.4 Å².